The molecule has 6 rings (SSSR count). The van der Waals surface area contributed by atoms with Crippen molar-refractivity contribution >= 4 is 17.6 Å². The largest absolute Gasteiger partial charge is 0.493 e. The van der Waals surface area contributed by atoms with E-state index in [9.17, 15) is 14.8 Å². The number of benzene rings is 2. The Bertz CT molecular complexity index is 1150. The number of anilines is 1. The first kappa shape index (κ1) is 29.6. The second-order valence-electron chi connectivity index (χ2n) is 12.9. The first-order valence-corrected chi connectivity index (χ1v) is 15.9. The highest BCUT2D eigenvalue weighted by Gasteiger charge is 2.52. The molecule has 6 nitrogen and oxygen atoms in total. The maximum atomic E-state index is 13.5. The predicted octanol–water partition coefficient (Wildman–Crippen LogP) is 8.50. The van der Waals surface area contributed by atoms with Gasteiger partial charge in [0.25, 0.3) is 5.91 Å². The van der Waals surface area contributed by atoms with Crippen molar-refractivity contribution in [1.82, 2.24) is 0 Å². The van der Waals surface area contributed by atoms with Gasteiger partial charge >= 0.3 is 5.97 Å². The highest BCUT2D eigenvalue weighted by Crippen LogP contribution is 2.62. The fourth-order valence-electron chi connectivity index (χ4n) is 8.16. The smallest absolute Gasteiger partial charge is 0.337 e. The van der Waals surface area contributed by atoms with Gasteiger partial charge in [0.2, 0.25) is 0 Å². The number of hydrogen-bond donors (Lipinski definition) is 1. The molecule has 4 fully saturated rings. The van der Waals surface area contributed by atoms with Crippen molar-refractivity contribution in [1.29, 1.82) is 0 Å². The fourth-order valence-corrected chi connectivity index (χ4v) is 8.16. The first-order valence-electron chi connectivity index (χ1n) is 15.9. The Morgan fingerprint density at radius 2 is 1.39 bits per heavy atom. The zero-order chi connectivity index (χ0) is 28.8. The zero-order valence-electron chi connectivity index (χ0n) is 24.9. The van der Waals surface area contributed by atoms with Crippen molar-refractivity contribution in [3.05, 3.63) is 59.2 Å². The minimum atomic E-state index is -0.489. The monoisotopic (exact) mass is 561 g/mol. The van der Waals surface area contributed by atoms with E-state index in [1.807, 2.05) is 12.1 Å². The maximum Gasteiger partial charge on any atom is 0.337 e. The zero-order valence-corrected chi connectivity index (χ0v) is 24.9. The Hall–Kier alpha value is -2.86. The van der Waals surface area contributed by atoms with Crippen LogP contribution < -0.4 is 9.80 Å². The minimum Gasteiger partial charge on any atom is -0.493 e. The molecule has 2 aromatic carbocycles. The van der Waals surface area contributed by atoms with E-state index in [-0.39, 0.29) is 5.41 Å². The third-order valence-electron chi connectivity index (χ3n) is 9.82. The molecule has 41 heavy (non-hydrogen) atoms. The van der Waals surface area contributed by atoms with Crippen LogP contribution in [0, 0.1) is 17.8 Å². The van der Waals surface area contributed by atoms with Crippen molar-refractivity contribution in [2.24, 2.45) is 17.8 Å². The van der Waals surface area contributed by atoms with Crippen LogP contribution in [0.25, 0.3) is 0 Å². The number of hydroxylamine groups is 1. The van der Waals surface area contributed by atoms with Crippen LogP contribution in [0.3, 0.4) is 0 Å². The summed E-state index contributed by atoms with van der Waals surface area (Å²) in [7, 11) is 1.32. The van der Waals surface area contributed by atoms with Crippen LogP contribution in [-0.4, -0.2) is 30.8 Å². The summed E-state index contributed by atoms with van der Waals surface area (Å²) in [5.41, 5.74) is 2.33. The quantitative estimate of drug-likeness (QED) is 0.108. The van der Waals surface area contributed by atoms with E-state index >= 15 is 0 Å². The van der Waals surface area contributed by atoms with Crippen molar-refractivity contribution in [3.63, 3.8) is 0 Å². The van der Waals surface area contributed by atoms with E-state index in [4.69, 9.17) is 9.47 Å². The van der Waals surface area contributed by atoms with E-state index in [0.717, 1.165) is 35.5 Å². The van der Waals surface area contributed by atoms with Gasteiger partial charge in [0.15, 0.2) is 0 Å². The Morgan fingerprint density at radius 1 is 0.829 bits per heavy atom. The van der Waals surface area contributed by atoms with Gasteiger partial charge in [-0.3, -0.25) is 10.0 Å². The van der Waals surface area contributed by atoms with Crippen LogP contribution in [0.5, 0.6) is 5.75 Å². The van der Waals surface area contributed by atoms with Crippen LogP contribution in [0.1, 0.15) is 123 Å². The summed E-state index contributed by atoms with van der Waals surface area (Å²) in [5.74, 6) is 2.27. The average molecular weight is 562 g/mol. The molecule has 0 spiro atoms. The second-order valence-corrected chi connectivity index (χ2v) is 12.9. The summed E-state index contributed by atoms with van der Waals surface area (Å²) in [6, 6.07) is 11.9. The highest BCUT2D eigenvalue weighted by molar-refractivity contribution is 6.05. The maximum absolute atomic E-state index is 13.5. The molecule has 4 saturated carbocycles. The number of amides is 1. The van der Waals surface area contributed by atoms with Crippen LogP contribution >= 0.6 is 0 Å². The van der Waals surface area contributed by atoms with Crippen molar-refractivity contribution < 1.29 is 24.3 Å². The molecule has 4 bridgehead atoms. The van der Waals surface area contributed by atoms with Crippen LogP contribution in [0.2, 0.25) is 0 Å². The lowest BCUT2D eigenvalue weighted by molar-refractivity contribution is -0.00642. The molecule has 0 aromatic heterocycles. The van der Waals surface area contributed by atoms with E-state index in [1.54, 1.807) is 30.3 Å². The molecule has 0 unspecified atom stereocenters. The summed E-state index contributed by atoms with van der Waals surface area (Å²) in [5, 5.41) is 11.5. The Balaban J connectivity index is 1.31. The van der Waals surface area contributed by atoms with Gasteiger partial charge in [-0.25, -0.2) is 4.79 Å². The molecule has 0 atom stereocenters. The summed E-state index contributed by atoms with van der Waals surface area (Å²) in [6.07, 6.45) is 17.6. The number of hydrogen-bond acceptors (Lipinski definition) is 5. The predicted molar refractivity (Wildman–Crippen MR) is 161 cm³/mol. The molecule has 6 heteroatoms. The van der Waals surface area contributed by atoms with Crippen molar-refractivity contribution in [2.45, 2.75) is 102 Å². The lowest BCUT2D eigenvalue weighted by atomic mass is 9.48. The van der Waals surface area contributed by atoms with E-state index < -0.39 is 11.9 Å². The first-order chi connectivity index (χ1) is 19.9. The molecule has 0 saturated heterocycles. The molecular weight excluding hydrogens is 514 g/mol. The van der Waals surface area contributed by atoms with Gasteiger partial charge in [-0.1, -0.05) is 51.9 Å². The van der Waals surface area contributed by atoms with Gasteiger partial charge in [0.1, 0.15) is 5.75 Å². The van der Waals surface area contributed by atoms with E-state index in [1.165, 1.54) is 90.6 Å². The van der Waals surface area contributed by atoms with Crippen LogP contribution in [-0.2, 0) is 10.2 Å². The molecule has 222 valence electrons. The molecule has 1 N–H and O–H groups in total. The van der Waals surface area contributed by atoms with Crippen LogP contribution in [0.15, 0.2) is 42.5 Å². The Labute approximate surface area is 245 Å². The molecule has 2 aromatic rings. The third-order valence-corrected chi connectivity index (χ3v) is 9.82. The topological polar surface area (TPSA) is 76.1 Å². The average Bonchev–Trinajstić information content (AvgIpc) is 2.98. The Kier molecular flexibility index (Phi) is 9.69. The molecular formula is C35H47NO5. The summed E-state index contributed by atoms with van der Waals surface area (Å²) in [6.45, 7) is 2.95. The second kappa shape index (κ2) is 13.4. The lowest BCUT2D eigenvalue weighted by Crippen LogP contribution is -2.48. The number of esters is 1. The van der Waals surface area contributed by atoms with Crippen molar-refractivity contribution in [3.8, 4) is 5.75 Å². The minimum absolute atomic E-state index is 0.0576. The van der Waals surface area contributed by atoms with Crippen LogP contribution in [0.4, 0.5) is 5.69 Å². The number of unbranched alkanes of at least 4 members (excludes halogenated alkanes) is 7. The standard InChI is InChI=1S/C35H47NO5/c1-3-4-5-6-7-8-9-10-17-41-32-16-13-29(33(37)36(39)30-14-11-28(12-15-30)34(38)40-2)21-31(32)35-22-25-18-26(23-35)20-27(19-25)24-35/h11-16,21,25-27,39H,3-10,17-20,22-24H2,1-2H3. The molecule has 1 amide bonds. The third kappa shape index (κ3) is 6.80. The molecule has 4 aliphatic carbocycles. The number of ether oxygens (including phenoxy) is 2. The lowest BCUT2D eigenvalue weighted by Gasteiger charge is -2.57. The molecule has 0 radical (unpaired) electrons. The summed E-state index contributed by atoms with van der Waals surface area (Å²) < 4.78 is 11.2. The molecule has 4 aliphatic rings. The molecule has 0 heterocycles. The van der Waals surface area contributed by atoms with Gasteiger partial charge in [0, 0.05) is 11.1 Å². The summed E-state index contributed by atoms with van der Waals surface area (Å²) in [4.78, 5) is 25.3. The molecule has 0 aliphatic heterocycles. The van der Waals surface area contributed by atoms with Gasteiger partial charge in [-0.15, -0.1) is 0 Å². The number of rotatable bonds is 14. The van der Waals surface area contributed by atoms with Gasteiger partial charge in [-0.2, -0.15) is 5.06 Å². The SMILES string of the molecule is CCCCCCCCCCOc1ccc(C(=O)N(O)c2ccc(C(=O)OC)cc2)cc1C12CC3CC(CC(C3)C1)C2. The van der Waals surface area contributed by atoms with E-state index in [0.29, 0.717) is 28.5 Å². The fraction of sp³-hybridized carbons (Fsp3) is 0.600. The van der Waals surface area contributed by atoms with E-state index in [2.05, 4.69) is 6.92 Å². The van der Waals surface area contributed by atoms with Gasteiger partial charge in [-0.05, 0) is 111 Å². The van der Waals surface area contributed by atoms with Crippen molar-refractivity contribution in [2.75, 3.05) is 18.8 Å². The Morgan fingerprint density at radius 3 is 1.98 bits per heavy atom. The van der Waals surface area contributed by atoms with Gasteiger partial charge in [0.05, 0.1) is 25.0 Å². The number of carbonyl (C=O) groups is 2. The number of methoxy groups -OCH3 is 1. The number of carbonyl (C=O) groups excluding carboxylic acids is 2. The van der Waals surface area contributed by atoms with Gasteiger partial charge < -0.3 is 9.47 Å². The summed E-state index contributed by atoms with van der Waals surface area (Å²) >= 11 is 0. The highest BCUT2D eigenvalue weighted by atomic mass is 16.5. The normalized spacial score (nSPS) is 24.3. The number of nitrogens with zero attached hydrogens (tertiary/aromatic N) is 1.